The van der Waals surface area contributed by atoms with Crippen molar-refractivity contribution in [2.75, 3.05) is 44.0 Å². The van der Waals surface area contributed by atoms with Gasteiger partial charge >= 0.3 is 12.0 Å². The Morgan fingerprint density at radius 1 is 1.09 bits per heavy atom. The van der Waals surface area contributed by atoms with E-state index in [2.05, 4.69) is 39.6 Å². The Bertz CT molecular complexity index is 897. The highest BCUT2D eigenvalue weighted by Gasteiger charge is 2.22. The van der Waals surface area contributed by atoms with Gasteiger partial charge in [0.25, 0.3) is 0 Å². The average Bonchev–Trinajstić information content (AvgIpc) is 2.85. The van der Waals surface area contributed by atoms with Gasteiger partial charge in [0, 0.05) is 37.0 Å². The van der Waals surface area contributed by atoms with Crippen molar-refractivity contribution in [1.29, 1.82) is 0 Å². The number of carboxylic acid groups (broad SMARTS) is 1. The number of hydrogen-bond donors (Lipinski definition) is 3. The lowest BCUT2D eigenvalue weighted by atomic mass is 10.0. The molecule has 1 fully saturated rings. The van der Waals surface area contributed by atoms with E-state index in [1.54, 1.807) is 24.3 Å². The number of carbonyl (C=O) groups is 3. The molecule has 1 heterocycles. The van der Waals surface area contributed by atoms with Crippen LogP contribution in [0, 0.1) is 0 Å². The predicted octanol–water partition coefficient (Wildman–Crippen LogP) is 1.21. The van der Waals surface area contributed by atoms with Gasteiger partial charge in [-0.3, -0.25) is 0 Å². The van der Waals surface area contributed by atoms with Gasteiger partial charge < -0.3 is 40.6 Å². The minimum Gasteiger partial charge on any atom is -0.554 e. The van der Waals surface area contributed by atoms with Crippen molar-refractivity contribution < 1.29 is 29.0 Å². The largest absolute Gasteiger partial charge is 0.554 e. The number of anilines is 2. The van der Waals surface area contributed by atoms with Crippen molar-refractivity contribution >= 4 is 29.8 Å². The van der Waals surface area contributed by atoms with Crippen LogP contribution in [0.4, 0.5) is 16.2 Å². The molecule has 1 aliphatic heterocycles. The monoisotopic (exact) mass is 471 g/mol. The Hall–Kier alpha value is -3.79. The summed E-state index contributed by atoms with van der Waals surface area (Å²) in [4.78, 5) is 33.8. The zero-order chi connectivity index (χ0) is 24.8. The molecule has 0 bridgehead atoms. The van der Waals surface area contributed by atoms with Gasteiger partial charge in [-0.1, -0.05) is 12.1 Å². The summed E-state index contributed by atoms with van der Waals surface area (Å²) in [6.07, 6.45) is 2.66. The maximum absolute atomic E-state index is 12.6. The number of methoxy groups -OCH3 is 1. The predicted molar refractivity (Wildman–Crippen MR) is 126 cm³/mol. The van der Waals surface area contributed by atoms with Crippen LogP contribution in [-0.2, 0) is 20.7 Å². The Morgan fingerprint density at radius 2 is 1.68 bits per heavy atom. The minimum atomic E-state index is -0.500. The number of likely N-dealkylation sites (tertiary alicyclic amines) is 1. The van der Waals surface area contributed by atoms with Crippen molar-refractivity contribution in [1.82, 2.24) is 4.90 Å². The van der Waals surface area contributed by atoms with Gasteiger partial charge in [-0.15, -0.1) is 0 Å². The molecular weight excluding hydrogens is 440 g/mol. The molecule has 184 valence electrons. The number of piperidine rings is 1. The highest BCUT2D eigenvalue weighted by molar-refractivity contribution is 5.89. The highest BCUT2D eigenvalue weighted by atomic mass is 16.6. The van der Waals surface area contributed by atoms with E-state index < -0.39 is 12.4 Å². The number of amides is 2. The Kier molecular flexibility index (Phi) is 11.2. The van der Waals surface area contributed by atoms with Crippen LogP contribution in [0.15, 0.2) is 48.5 Å². The van der Waals surface area contributed by atoms with Gasteiger partial charge in [-0.05, 0) is 67.8 Å². The second-order valence-electron chi connectivity index (χ2n) is 7.56. The van der Waals surface area contributed by atoms with E-state index in [1.165, 1.54) is 12.7 Å². The number of nitrogens with one attached hydrogen (secondary N) is 2. The van der Waals surface area contributed by atoms with Crippen LogP contribution in [0.2, 0.25) is 0 Å². The molecule has 10 heteroatoms. The summed E-state index contributed by atoms with van der Waals surface area (Å²) in [7, 11) is 1.31. The number of nitrogens with two attached hydrogens (primary N) is 1. The molecule has 0 unspecified atom stereocenters. The zero-order valence-corrected chi connectivity index (χ0v) is 19.2. The SMILES string of the molecule is COC(=O)COc1ccc(NC(=O)N2CCC(Nc3ccc(CCN)cc3)CC2)cc1.O=C[O-]. The Morgan fingerprint density at radius 3 is 2.24 bits per heavy atom. The molecule has 0 aromatic heterocycles. The molecule has 3 rings (SSSR count). The fraction of sp³-hybridized carbons (Fsp3) is 0.375. The number of nitrogens with zero attached hydrogens (tertiary/aromatic N) is 1. The highest BCUT2D eigenvalue weighted by Crippen LogP contribution is 2.20. The lowest BCUT2D eigenvalue weighted by Crippen LogP contribution is -2.44. The van der Waals surface area contributed by atoms with E-state index in [4.69, 9.17) is 20.4 Å². The maximum atomic E-state index is 12.6. The van der Waals surface area contributed by atoms with E-state index >= 15 is 0 Å². The van der Waals surface area contributed by atoms with E-state index in [0.717, 1.165) is 24.9 Å². The first-order valence-corrected chi connectivity index (χ1v) is 11.0. The van der Waals surface area contributed by atoms with Gasteiger partial charge in [0.1, 0.15) is 5.75 Å². The molecule has 0 aliphatic carbocycles. The third-order valence-electron chi connectivity index (χ3n) is 5.23. The molecule has 1 aliphatic rings. The number of rotatable bonds is 8. The summed E-state index contributed by atoms with van der Waals surface area (Å²) in [5.41, 5.74) is 8.60. The van der Waals surface area contributed by atoms with E-state index in [9.17, 15) is 9.59 Å². The van der Waals surface area contributed by atoms with Crippen molar-refractivity contribution in [3.8, 4) is 5.75 Å². The summed E-state index contributed by atoms with van der Waals surface area (Å²) in [6, 6.07) is 15.5. The average molecular weight is 472 g/mol. The molecule has 2 aromatic rings. The third-order valence-corrected chi connectivity index (χ3v) is 5.23. The Labute approximate surface area is 199 Å². The second kappa shape index (κ2) is 14.4. The Balaban J connectivity index is 0.00000129. The third kappa shape index (κ3) is 8.99. The number of urea groups is 1. The first-order valence-electron chi connectivity index (χ1n) is 11.0. The molecule has 0 atom stereocenters. The molecule has 0 radical (unpaired) electrons. The van der Waals surface area contributed by atoms with Crippen molar-refractivity contribution in [2.45, 2.75) is 25.3 Å². The zero-order valence-electron chi connectivity index (χ0n) is 19.2. The quantitative estimate of drug-likeness (QED) is 0.385. The number of esters is 1. The molecular formula is C24H31N4O6-. The van der Waals surface area contributed by atoms with Crippen LogP contribution >= 0.6 is 0 Å². The van der Waals surface area contributed by atoms with Crippen LogP contribution in [-0.4, -0.2) is 62.8 Å². The van der Waals surface area contributed by atoms with Crippen molar-refractivity contribution in [2.24, 2.45) is 5.73 Å². The first-order chi connectivity index (χ1) is 16.5. The topological polar surface area (TPSA) is 146 Å². The van der Waals surface area contributed by atoms with Gasteiger partial charge in [0.2, 0.25) is 0 Å². The lowest BCUT2D eigenvalue weighted by Gasteiger charge is -2.33. The molecule has 0 spiro atoms. The standard InChI is InChI=1S/C23H30N4O4.CH2O2/c1-30-22(28)16-31-21-8-6-19(7-9-21)26-23(29)27-14-11-20(12-15-27)25-18-4-2-17(3-5-18)10-13-24;2-1-3/h2-9,20,25H,10-16,24H2,1H3,(H,26,29);1H,(H,2,3)/p-1. The summed E-state index contributed by atoms with van der Waals surface area (Å²) in [5.74, 6) is 0.0882. The minimum absolute atomic E-state index is 0.118. The number of hydrogen-bond acceptors (Lipinski definition) is 8. The van der Waals surface area contributed by atoms with Gasteiger partial charge in [-0.2, -0.15) is 0 Å². The molecule has 1 saturated heterocycles. The smallest absolute Gasteiger partial charge is 0.343 e. The number of carbonyl (C=O) groups excluding carboxylic acids is 3. The first kappa shape index (κ1) is 26.5. The molecule has 34 heavy (non-hydrogen) atoms. The van der Waals surface area contributed by atoms with Gasteiger partial charge in [0.15, 0.2) is 6.61 Å². The van der Waals surface area contributed by atoms with Crippen LogP contribution in [0.1, 0.15) is 18.4 Å². The van der Waals surface area contributed by atoms with E-state index in [1.807, 2.05) is 4.90 Å². The maximum Gasteiger partial charge on any atom is 0.343 e. The van der Waals surface area contributed by atoms with Gasteiger partial charge in [0.05, 0.1) is 7.11 Å². The van der Waals surface area contributed by atoms with E-state index in [0.29, 0.717) is 37.1 Å². The van der Waals surface area contributed by atoms with Crippen LogP contribution in [0.25, 0.3) is 0 Å². The fourth-order valence-electron chi connectivity index (χ4n) is 3.44. The lowest BCUT2D eigenvalue weighted by molar-refractivity contribution is -0.283. The summed E-state index contributed by atoms with van der Waals surface area (Å²) in [5, 5.41) is 14.7. The van der Waals surface area contributed by atoms with E-state index in [-0.39, 0.29) is 12.6 Å². The molecule has 4 N–H and O–H groups in total. The van der Waals surface area contributed by atoms with Crippen molar-refractivity contribution in [3.63, 3.8) is 0 Å². The van der Waals surface area contributed by atoms with Gasteiger partial charge in [-0.25, -0.2) is 9.59 Å². The second-order valence-corrected chi connectivity index (χ2v) is 7.56. The molecule has 2 amide bonds. The summed E-state index contributed by atoms with van der Waals surface area (Å²) >= 11 is 0. The van der Waals surface area contributed by atoms with Crippen LogP contribution < -0.4 is 26.2 Å². The molecule has 10 nitrogen and oxygen atoms in total. The summed E-state index contributed by atoms with van der Waals surface area (Å²) in [6.45, 7) is 1.38. The normalized spacial score (nSPS) is 13.2. The van der Waals surface area contributed by atoms with Crippen LogP contribution in [0.3, 0.4) is 0 Å². The number of benzene rings is 2. The summed E-state index contributed by atoms with van der Waals surface area (Å²) < 4.78 is 9.84. The fourth-order valence-corrected chi connectivity index (χ4v) is 3.44. The number of ether oxygens (including phenoxy) is 2. The van der Waals surface area contributed by atoms with Crippen molar-refractivity contribution in [3.05, 3.63) is 54.1 Å². The van der Waals surface area contributed by atoms with Crippen LogP contribution in [0.5, 0.6) is 5.75 Å². The molecule has 0 saturated carbocycles. The molecule has 2 aromatic carbocycles.